The van der Waals surface area contributed by atoms with Crippen molar-refractivity contribution in [2.75, 3.05) is 19.6 Å². The molecule has 1 saturated heterocycles. The average molecular weight is 398 g/mol. The molecule has 0 bridgehead atoms. The van der Waals surface area contributed by atoms with Gasteiger partial charge in [0.15, 0.2) is 11.5 Å². The molecule has 146 valence electrons. The van der Waals surface area contributed by atoms with Crippen molar-refractivity contribution in [2.45, 2.75) is 31.7 Å². The van der Waals surface area contributed by atoms with Gasteiger partial charge in [0.05, 0.1) is 6.54 Å². The maximum atomic E-state index is 12.6. The molecule has 0 spiro atoms. The van der Waals surface area contributed by atoms with E-state index in [1.54, 1.807) is 0 Å². The molecule has 5 nitrogen and oxygen atoms in total. The summed E-state index contributed by atoms with van der Waals surface area (Å²) in [6.07, 6.45) is 1.75. The monoisotopic (exact) mass is 397 g/mol. The molecular formula is C22H24ClN3O2. The molecule has 1 fully saturated rings. The molecule has 0 aliphatic carbocycles. The maximum absolute atomic E-state index is 12.6. The van der Waals surface area contributed by atoms with Gasteiger partial charge in [-0.1, -0.05) is 41.9 Å². The van der Waals surface area contributed by atoms with Gasteiger partial charge in [-0.25, -0.2) is 4.98 Å². The summed E-state index contributed by atoms with van der Waals surface area (Å²) in [4.78, 5) is 19.1. The SMILES string of the molecule is C[C@H](NCC(=O)N1CCC(c2nc3ccccc3o2)CC1)c1ccccc1Cl. The number of oxazole rings is 1. The van der Waals surface area contributed by atoms with E-state index >= 15 is 0 Å². The number of hydrogen-bond donors (Lipinski definition) is 1. The fraction of sp³-hybridized carbons (Fsp3) is 0.364. The Morgan fingerprint density at radius 2 is 1.93 bits per heavy atom. The highest BCUT2D eigenvalue weighted by Crippen LogP contribution is 2.30. The molecule has 28 heavy (non-hydrogen) atoms. The van der Waals surface area contributed by atoms with Gasteiger partial charge < -0.3 is 14.6 Å². The quantitative estimate of drug-likeness (QED) is 0.686. The second-order valence-electron chi connectivity index (χ2n) is 7.30. The van der Waals surface area contributed by atoms with E-state index in [0.29, 0.717) is 11.6 Å². The number of para-hydroxylation sites is 2. The second-order valence-corrected chi connectivity index (χ2v) is 7.71. The Labute approximate surface area is 169 Å². The molecule has 2 aromatic carbocycles. The lowest BCUT2D eigenvalue weighted by molar-refractivity contribution is -0.131. The van der Waals surface area contributed by atoms with Crippen LogP contribution in [0.1, 0.15) is 43.2 Å². The van der Waals surface area contributed by atoms with Crippen LogP contribution in [0, 0.1) is 0 Å². The first-order chi connectivity index (χ1) is 13.6. The molecular weight excluding hydrogens is 374 g/mol. The van der Waals surface area contributed by atoms with Crippen LogP contribution in [-0.2, 0) is 4.79 Å². The smallest absolute Gasteiger partial charge is 0.236 e. The van der Waals surface area contributed by atoms with Gasteiger partial charge in [-0.05, 0) is 43.5 Å². The molecule has 0 saturated carbocycles. The molecule has 4 rings (SSSR count). The van der Waals surface area contributed by atoms with E-state index < -0.39 is 0 Å². The van der Waals surface area contributed by atoms with Crippen LogP contribution in [0.2, 0.25) is 5.02 Å². The average Bonchev–Trinajstić information content (AvgIpc) is 3.16. The van der Waals surface area contributed by atoms with E-state index in [2.05, 4.69) is 10.3 Å². The van der Waals surface area contributed by atoms with Crippen molar-refractivity contribution in [2.24, 2.45) is 0 Å². The largest absolute Gasteiger partial charge is 0.440 e. The van der Waals surface area contributed by atoms with Gasteiger partial charge in [0.1, 0.15) is 5.52 Å². The van der Waals surface area contributed by atoms with Crippen molar-refractivity contribution < 1.29 is 9.21 Å². The van der Waals surface area contributed by atoms with E-state index in [-0.39, 0.29) is 17.9 Å². The van der Waals surface area contributed by atoms with Gasteiger partial charge in [0.2, 0.25) is 5.91 Å². The minimum absolute atomic E-state index is 0.0231. The lowest BCUT2D eigenvalue weighted by Crippen LogP contribution is -2.43. The first-order valence-corrected chi connectivity index (χ1v) is 10.1. The van der Waals surface area contributed by atoms with Crippen molar-refractivity contribution in [3.8, 4) is 0 Å². The summed E-state index contributed by atoms with van der Waals surface area (Å²) in [6.45, 7) is 3.78. The summed E-state index contributed by atoms with van der Waals surface area (Å²) >= 11 is 6.24. The number of nitrogens with zero attached hydrogens (tertiary/aromatic N) is 2. The normalized spacial score (nSPS) is 16.4. The molecule has 1 amide bonds. The molecule has 1 N–H and O–H groups in total. The number of likely N-dealkylation sites (tertiary alicyclic amines) is 1. The maximum Gasteiger partial charge on any atom is 0.236 e. The van der Waals surface area contributed by atoms with Crippen molar-refractivity contribution in [1.82, 2.24) is 15.2 Å². The zero-order valence-corrected chi connectivity index (χ0v) is 16.7. The third kappa shape index (κ3) is 4.05. The van der Waals surface area contributed by atoms with Gasteiger partial charge in [-0.3, -0.25) is 4.79 Å². The van der Waals surface area contributed by atoms with Gasteiger partial charge in [-0.15, -0.1) is 0 Å². The molecule has 6 heteroatoms. The second kappa shape index (κ2) is 8.33. The van der Waals surface area contributed by atoms with Crippen LogP contribution in [-0.4, -0.2) is 35.4 Å². The number of piperidine rings is 1. The summed E-state index contributed by atoms with van der Waals surface area (Å²) in [5.74, 6) is 1.18. The summed E-state index contributed by atoms with van der Waals surface area (Å²) < 4.78 is 5.90. The number of halogens is 1. The Morgan fingerprint density at radius 1 is 1.21 bits per heavy atom. The van der Waals surface area contributed by atoms with Crippen molar-refractivity contribution >= 4 is 28.6 Å². The molecule has 0 radical (unpaired) electrons. The third-order valence-electron chi connectivity index (χ3n) is 5.44. The minimum Gasteiger partial charge on any atom is -0.440 e. The van der Waals surface area contributed by atoms with Crippen LogP contribution in [0.5, 0.6) is 0 Å². The zero-order valence-electron chi connectivity index (χ0n) is 15.9. The number of aromatic nitrogens is 1. The number of nitrogens with one attached hydrogen (secondary N) is 1. The molecule has 0 unspecified atom stereocenters. The highest BCUT2D eigenvalue weighted by atomic mass is 35.5. The number of carbonyl (C=O) groups is 1. The van der Waals surface area contributed by atoms with E-state index in [0.717, 1.165) is 48.5 Å². The molecule has 1 aliphatic heterocycles. The number of carbonyl (C=O) groups excluding carboxylic acids is 1. The van der Waals surface area contributed by atoms with Crippen LogP contribution in [0.15, 0.2) is 52.9 Å². The highest BCUT2D eigenvalue weighted by Gasteiger charge is 2.27. The Hall–Kier alpha value is -2.37. The van der Waals surface area contributed by atoms with Crippen LogP contribution in [0.4, 0.5) is 0 Å². The first-order valence-electron chi connectivity index (χ1n) is 9.73. The lowest BCUT2D eigenvalue weighted by Gasteiger charge is -2.31. The zero-order chi connectivity index (χ0) is 19.5. The summed E-state index contributed by atoms with van der Waals surface area (Å²) in [5.41, 5.74) is 2.73. The molecule has 1 aromatic heterocycles. The Morgan fingerprint density at radius 3 is 2.68 bits per heavy atom. The fourth-order valence-corrected chi connectivity index (χ4v) is 4.03. The fourth-order valence-electron chi connectivity index (χ4n) is 3.73. The van der Waals surface area contributed by atoms with Crippen LogP contribution in [0.3, 0.4) is 0 Å². The van der Waals surface area contributed by atoms with Gasteiger partial charge in [0.25, 0.3) is 0 Å². The number of rotatable bonds is 5. The van der Waals surface area contributed by atoms with E-state index in [1.807, 2.05) is 60.4 Å². The van der Waals surface area contributed by atoms with Gasteiger partial charge in [-0.2, -0.15) is 0 Å². The van der Waals surface area contributed by atoms with E-state index in [1.165, 1.54) is 0 Å². The summed E-state index contributed by atoms with van der Waals surface area (Å²) in [5, 5.41) is 4.01. The van der Waals surface area contributed by atoms with Crippen LogP contribution in [0.25, 0.3) is 11.1 Å². The predicted octanol–water partition coefficient (Wildman–Crippen LogP) is 4.54. The topological polar surface area (TPSA) is 58.4 Å². The lowest BCUT2D eigenvalue weighted by atomic mass is 9.96. The van der Waals surface area contributed by atoms with Crippen molar-refractivity contribution in [3.05, 3.63) is 65.0 Å². The molecule has 1 aliphatic rings. The number of fused-ring (bicyclic) bond motifs is 1. The first kappa shape index (κ1) is 19.0. The highest BCUT2D eigenvalue weighted by molar-refractivity contribution is 6.31. The minimum atomic E-state index is 0.0231. The Bertz CT molecular complexity index is 930. The van der Waals surface area contributed by atoms with Gasteiger partial charge >= 0.3 is 0 Å². The van der Waals surface area contributed by atoms with Crippen molar-refractivity contribution in [1.29, 1.82) is 0 Å². The van der Waals surface area contributed by atoms with Crippen molar-refractivity contribution in [3.63, 3.8) is 0 Å². The number of benzene rings is 2. The summed E-state index contributed by atoms with van der Waals surface area (Å²) in [6, 6.07) is 15.6. The number of hydrogen-bond acceptors (Lipinski definition) is 4. The predicted molar refractivity (Wildman–Crippen MR) is 110 cm³/mol. The third-order valence-corrected chi connectivity index (χ3v) is 5.78. The standard InChI is InChI=1S/C22H24ClN3O2/c1-15(17-6-2-3-7-18(17)23)24-14-21(27)26-12-10-16(11-13-26)22-25-19-8-4-5-9-20(19)28-22/h2-9,15-16,24H,10-14H2,1H3/t15-/m0/s1. The summed E-state index contributed by atoms with van der Waals surface area (Å²) in [7, 11) is 0. The van der Waals surface area contributed by atoms with E-state index in [4.69, 9.17) is 16.0 Å². The molecule has 2 heterocycles. The van der Waals surface area contributed by atoms with E-state index in [9.17, 15) is 4.79 Å². The number of amides is 1. The molecule has 1 atom stereocenters. The van der Waals surface area contributed by atoms with Crippen LogP contribution >= 0.6 is 11.6 Å². The Balaban J connectivity index is 1.29. The Kier molecular flexibility index (Phi) is 5.64. The molecule has 3 aromatic rings. The van der Waals surface area contributed by atoms with Gasteiger partial charge in [0, 0.05) is 30.1 Å². The van der Waals surface area contributed by atoms with Crippen LogP contribution < -0.4 is 5.32 Å².